The Labute approximate surface area is 398 Å². The van der Waals surface area contributed by atoms with Crippen LogP contribution in [-0.4, -0.2) is 56.0 Å². The predicted octanol–water partition coefficient (Wildman–Crippen LogP) is 13.6. The third kappa shape index (κ3) is 15.7. The highest BCUT2D eigenvalue weighted by atomic mass is 16.5. The molecular formula is C59H56O9. The highest BCUT2D eigenvalue weighted by molar-refractivity contribution is 6.01. The van der Waals surface area contributed by atoms with E-state index in [1.165, 1.54) is 19.2 Å². The quantitative estimate of drug-likeness (QED) is 0.123. The van der Waals surface area contributed by atoms with Gasteiger partial charge < -0.3 is 14.2 Å². The van der Waals surface area contributed by atoms with Crippen molar-refractivity contribution >= 4 is 56.2 Å². The first-order valence-electron chi connectivity index (χ1n) is 21.6. The lowest BCUT2D eigenvalue weighted by Gasteiger charge is -2.04. The van der Waals surface area contributed by atoms with Gasteiger partial charge in [0.05, 0.1) is 21.3 Å². The van der Waals surface area contributed by atoms with E-state index in [4.69, 9.17) is 14.2 Å². The zero-order valence-corrected chi connectivity index (χ0v) is 39.9. The molecule has 0 aliphatic carbocycles. The van der Waals surface area contributed by atoms with Crippen LogP contribution in [0.15, 0.2) is 176 Å². The van der Waals surface area contributed by atoms with Crippen LogP contribution in [0.25, 0.3) is 32.7 Å². The van der Waals surface area contributed by atoms with Gasteiger partial charge in [0.25, 0.3) is 0 Å². The van der Waals surface area contributed by atoms with E-state index < -0.39 is 0 Å². The lowest BCUT2D eigenvalue weighted by molar-refractivity contribution is 0.1000. The van der Waals surface area contributed by atoms with E-state index in [0.29, 0.717) is 22.3 Å². The summed E-state index contributed by atoms with van der Waals surface area (Å²) in [6.07, 6.45) is 0. The Bertz CT molecular complexity index is 2910. The smallest absolute Gasteiger partial charge is 0.160 e. The molecule has 0 aromatic heterocycles. The average molecular weight is 909 g/mol. The minimum absolute atomic E-state index is 0.0156. The maximum absolute atomic E-state index is 11.2. The molecule has 346 valence electrons. The Hall–Kier alpha value is -8.30. The van der Waals surface area contributed by atoms with Crippen molar-refractivity contribution in [1.29, 1.82) is 0 Å². The van der Waals surface area contributed by atoms with E-state index >= 15 is 0 Å². The summed E-state index contributed by atoms with van der Waals surface area (Å²) in [6.45, 7) is 9.24. The van der Waals surface area contributed by atoms with Gasteiger partial charge in [-0.3, -0.25) is 28.8 Å². The summed E-state index contributed by atoms with van der Waals surface area (Å²) in [5.41, 5.74) is 6.18. The Balaban J connectivity index is 0.000000188. The van der Waals surface area contributed by atoms with Crippen LogP contribution in [0.5, 0.6) is 17.2 Å². The van der Waals surface area contributed by atoms with Crippen LogP contribution in [-0.2, 0) is 0 Å². The maximum atomic E-state index is 11.2. The fraction of sp³-hybridized carbons (Fsp3) is 0.153. The number of hydrogen-bond acceptors (Lipinski definition) is 9. The van der Waals surface area contributed by atoms with Crippen LogP contribution in [0.4, 0.5) is 0 Å². The van der Waals surface area contributed by atoms with Crippen LogP contribution in [0.1, 0.15) is 104 Å². The highest BCUT2D eigenvalue weighted by Gasteiger charge is 2.06. The maximum Gasteiger partial charge on any atom is 0.160 e. The zero-order chi connectivity index (χ0) is 49.8. The standard InChI is InChI=1S/C16H14O2.C13H12O2.C12H10O.C10H10O2.C8H10O2/c1-11(17)13-3-7-15(8-4-13)16-9-5-14(6-10-16)12(2)18;1-9(14)10-3-4-12-8-13(15-2)6-5-11(12)7-10;1-9(13)11-7-6-10-4-2-3-5-12(10)8-11;1-7(11)9-4-3-5-10(6-9)8(2)12;1-9-7-5-3-4-6-8(7)10-2/h3-10H,1-2H3;3-8H,1-2H3;2-8H,1H3;3-6H,1-2H3;3-6H,1-2H3. The van der Waals surface area contributed by atoms with Crippen LogP contribution < -0.4 is 14.2 Å². The molecular weight excluding hydrogens is 853 g/mol. The van der Waals surface area contributed by atoms with Gasteiger partial charge in [-0.1, -0.05) is 133 Å². The van der Waals surface area contributed by atoms with Crippen LogP contribution >= 0.6 is 0 Å². The summed E-state index contributed by atoms with van der Waals surface area (Å²) in [6, 6.07) is 54.5. The van der Waals surface area contributed by atoms with Gasteiger partial charge in [-0.2, -0.15) is 0 Å². The minimum Gasteiger partial charge on any atom is -0.497 e. The largest absolute Gasteiger partial charge is 0.497 e. The van der Waals surface area contributed by atoms with Gasteiger partial charge in [0.2, 0.25) is 0 Å². The molecule has 0 fully saturated rings. The molecule has 9 heteroatoms. The fourth-order valence-corrected chi connectivity index (χ4v) is 6.52. The molecule has 0 aliphatic heterocycles. The molecule has 8 aromatic rings. The van der Waals surface area contributed by atoms with E-state index in [2.05, 4.69) is 0 Å². The number of methoxy groups -OCH3 is 3. The van der Waals surface area contributed by atoms with Crippen molar-refractivity contribution in [2.24, 2.45) is 0 Å². The molecule has 8 rings (SSSR count). The Morgan fingerprint density at radius 1 is 0.279 bits per heavy atom. The minimum atomic E-state index is -0.0156. The van der Waals surface area contributed by atoms with Crippen molar-refractivity contribution in [2.75, 3.05) is 21.3 Å². The van der Waals surface area contributed by atoms with Crippen molar-refractivity contribution in [1.82, 2.24) is 0 Å². The van der Waals surface area contributed by atoms with E-state index in [-0.39, 0.29) is 34.7 Å². The van der Waals surface area contributed by atoms with Crippen molar-refractivity contribution in [3.05, 3.63) is 209 Å². The molecule has 68 heavy (non-hydrogen) atoms. The molecule has 0 unspecified atom stereocenters. The summed E-state index contributed by atoms with van der Waals surface area (Å²) < 4.78 is 15.2. The molecule has 8 aromatic carbocycles. The van der Waals surface area contributed by atoms with Gasteiger partial charge in [0.1, 0.15) is 5.75 Å². The number of carbonyl (C=O) groups is 6. The second-order valence-corrected chi connectivity index (χ2v) is 15.4. The number of ketones is 6. The van der Waals surface area contributed by atoms with Crippen LogP contribution in [0.2, 0.25) is 0 Å². The Morgan fingerprint density at radius 2 is 0.603 bits per heavy atom. The first-order valence-corrected chi connectivity index (χ1v) is 21.6. The number of para-hydroxylation sites is 2. The first kappa shape index (κ1) is 52.3. The molecule has 0 bridgehead atoms. The van der Waals surface area contributed by atoms with Gasteiger partial charge in [-0.25, -0.2) is 0 Å². The van der Waals surface area contributed by atoms with Gasteiger partial charge in [-0.15, -0.1) is 0 Å². The molecule has 0 aliphatic rings. The van der Waals surface area contributed by atoms with Gasteiger partial charge >= 0.3 is 0 Å². The number of benzene rings is 8. The van der Waals surface area contributed by atoms with Crippen molar-refractivity contribution in [3.63, 3.8) is 0 Å². The third-order valence-electron chi connectivity index (χ3n) is 10.5. The number of ether oxygens (including phenoxy) is 3. The summed E-state index contributed by atoms with van der Waals surface area (Å²) in [5.74, 6) is 2.67. The van der Waals surface area contributed by atoms with E-state index in [1.807, 2.05) is 152 Å². The molecule has 0 saturated carbocycles. The number of rotatable bonds is 10. The van der Waals surface area contributed by atoms with Crippen molar-refractivity contribution in [2.45, 2.75) is 41.5 Å². The van der Waals surface area contributed by atoms with Gasteiger partial charge in [0.15, 0.2) is 46.2 Å². The van der Waals surface area contributed by atoms with Gasteiger partial charge in [0, 0.05) is 33.4 Å². The van der Waals surface area contributed by atoms with Crippen molar-refractivity contribution in [3.8, 4) is 28.4 Å². The average Bonchev–Trinajstić information content (AvgIpc) is 3.36. The SMILES string of the molecule is CC(=O)c1ccc(-c2ccc(C(C)=O)cc2)cc1.CC(=O)c1ccc2ccccc2c1.CC(=O)c1cccc(C(C)=O)c1.COc1ccc2cc(C(C)=O)ccc2c1.COc1ccccc1OC. The molecule has 0 amide bonds. The number of Topliss-reactive ketones (excluding diaryl/α,β-unsaturated/α-hetero) is 6. The van der Waals surface area contributed by atoms with Crippen LogP contribution in [0, 0.1) is 0 Å². The predicted molar refractivity (Wildman–Crippen MR) is 272 cm³/mol. The molecule has 0 heterocycles. The van der Waals surface area contributed by atoms with Gasteiger partial charge in [-0.05, 0) is 117 Å². The molecule has 0 N–H and O–H groups in total. The Morgan fingerprint density at radius 3 is 1.00 bits per heavy atom. The third-order valence-corrected chi connectivity index (χ3v) is 10.5. The molecule has 0 saturated heterocycles. The number of fused-ring (bicyclic) bond motifs is 2. The summed E-state index contributed by atoms with van der Waals surface area (Å²) in [5, 5.41) is 4.44. The lowest BCUT2D eigenvalue weighted by atomic mass is 10.0. The van der Waals surface area contributed by atoms with E-state index in [1.54, 1.807) is 73.3 Å². The highest BCUT2D eigenvalue weighted by Crippen LogP contribution is 2.25. The van der Waals surface area contributed by atoms with E-state index in [9.17, 15) is 28.8 Å². The summed E-state index contributed by atoms with van der Waals surface area (Å²) in [4.78, 5) is 66.4. The lowest BCUT2D eigenvalue weighted by Crippen LogP contribution is -1.96. The topological polar surface area (TPSA) is 130 Å². The normalized spacial score (nSPS) is 9.90. The first-order chi connectivity index (χ1) is 32.5. The Kier molecular flexibility index (Phi) is 20.0. The van der Waals surface area contributed by atoms with Crippen LogP contribution in [0.3, 0.4) is 0 Å². The molecule has 0 spiro atoms. The second kappa shape index (κ2) is 26.0. The number of hydrogen-bond donors (Lipinski definition) is 0. The van der Waals surface area contributed by atoms with Crippen molar-refractivity contribution < 1.29 is 43.0 Å². The fourth-order valence-electron chi connectivity index (χ4n) is 6.52. The molecule has 0 atom stereocenters. The second-order valence-electron chi connectivity index (χ2n) is 15.4. The zero-order valence-electron chi connectivity index (χ0n) is 39.9. The monoisotopic (exact) mass is 908 g/mol. The molecule has 9 nitrogen and oxygen atoms in total. The van der Waals surface area contributed by atoms with E-state index in [0.717, 1.165) is 55.7 Å². The summed E-state index contributed by atoms with van der Waals surface area (Å²) >= 11 is 0. The molecule has 0 radical (unpaired) electrons. The number of carbonyl (C=O) groups excluding carboxylic acids is 6. The summed E-state index contributed by atoms with van der Waals surface area (Å²) in [7, 11) is 4.89.